The summed E-state index contributed by atoms with van der Waals surface area (Å²) in [5.74, 6) is -0.837. The largest absolute Gasteiger partial charge is 0.573 e. The number of benzene rings is 3. The second kappa shape index (κ2) is 12.5. The van der Waals surface area contributed by atoms with E-state index in [-0.39, 0.29) is 18.4 Å². The maximum Gasteiger partial charge on any atom is 0.573 e. The van der Waals surface area contributed by atoms with E-state index in [4.69, 9.17) is 0 Å². The van der Waals surface area contributed by atoms with Gasteiger partial charge in [-0.15, -0.1) is 26.3 Å². The molecule has 3 rings (SSSR count). The summed E-state index contributed by atoms with van der Waals surface area (Å²) in [6.45, 7) is 5.67. The Labute approximate surface area is 230 Å². The molecule has 0 fully saturated rings. The molecule has 0 unspecified atom stereocenters. The lowest BCUT2D eigenvalue weighted by Gasteiger charge is -2.38. The average Bonchev–Trinajstić information content (AvgIpc) is 2.81. The predicted octanol–water partition coefficient (Wildman–Crippen LogP) is 7.19. The Kier molecular flexibility index (Phi) is 9.79. The molecule has 0 bridgehead atoms. The summed E-state index contributed by atoms with van der Waals surface area (Å²) in [4.78, 5) is 2.05. The van der Waals surface area contributed by atoms with Crippen LogP contribution in [-0.2, 0) is 11.8 Å². The lowest BCUT2D eigenvalue weighted by Crippen LogP contribution is -2.45. The second-order valence-corrected chi connectivity index (χ2v) is 10.9. The fourth-order valence-electron chi connectivity index (χ4n) is 5.09. The minimum Gasteiger partial charge on any atom is -0.406 e. The molecule has 40 heavy (non-hydrogen) atoms. The van der Waals surface area contributed by atoms with E-state index in [1.165, 1.54) is 36.4 Å². The molecule has 0 saturated heterocycles. The average molecular weight is 569 g/mol. The number of hydrogen-bond donors (Lipinski definition) is 1. The van der Waals surface area contributed by atoms with Crippen LogP contribution in [0.1, 0.15) is 30.5 Å². The fraction of sp³-hybridized carbons (Fsp3) is 0.400. The van der Waals surface area contributed by atoms with Crippen molar-refractivity contribution in [2.45, 2.75) is 38.4 Å². The van der Waals surface area contributed by atoms with Crippen LogP contribution < -0.4 is 14.8 Å². The van der Waals surface area contributed by atoms with E-state index in [1.54, 1.807) is 12.1 Å². The van der Waals surface area contributed by atoms with Gasteiger partial charge >= 0.3 is 12.7 Å². The van der Waals surface area contributed by atoms with Crippen LogP contribution in [-0.4, -0.2) is 51.4 Å². The highest BCUT2D eigenvalue weighted by Crippen LogP contribution is 2.40. The lowest BCUT2D eigenvalue weighted by atomic mass is 9.70. The van der Waals surface area contributed by atoms with Crippen molar-refractivity contribution in [3.05, 3.63) is 95.6 Å². The molecule has 10 heteroatoms. The fourth-order valence-corrected chi connectivity index (χ4v) is 5.09. The van der Waals surface area contributed by atoms with Crippen molar-refractivity contribution in [1.29, 1.82) is 0 Å². The third kappa shape index (κ3) is 9.45. The number of halogens is 6. The van der Waals surface area contributed by atoms with E-state index >= 15 is 0 Å². The first-order valence-electron chi connectivity index (χ1n) is 12.7. The Hall–Kier alpha value is -3.24. The molecule has 0 heterocycles. The van der Waals surface area contributed by atoms with E-state index in [9.17, 15) is 26.3 Å². The zero-order valence-corrected chi connectivity index (χ0v) is 22.9. The summed E-state index contributed by atoms with van der Waals surface area (Å²) in [5, 5.41) is 3.47. The van der Waals surface area contributed by atoms with E-state index in [0.717, 1.165) is 12.1 Å². The van der Waals surface area contributed by atoms with E-state index < -0.39 is 29.6 Å². The molecule has 0 aliphatic heterocycles. The van der Waals surface area contributed by atoms with Crippen molar-refractivity contribution >= 4 is 0 Å². The molecule has 0 amide bonds. The molecule has 0 radical (unpaired) electrons. The van der Waals surface area contributed by atoms with Gasteiger partial charge in [-0.3, -0.25) is 0 Å². The van der Waals surface area contributed by atoms with Crippen molar-refractivity contribution in [3.63, 3.8) is 0 Å². The molecule has 3 aromatic rings. The molecule has 1 N–H and O–H groups in total. The lowest BCUT2D eigenvalue weighted by molar-refractivity contribution is -0.275. The first-order valence-corrected chi connectivity index (χ1v) is 12.7. The predicted molar refractivity (Wildman–Crippen MR) is 142 cm³/mol. The maximum absolute atomic E-state index is 13.1. The summed E-state index contributed by atoms with van der Waals surface area (Å²) in [5.41, 5.74) is 0.470. The summed E-state index contributed by atoms with van der Waals surface area (Å²) in [7, 11) is 3.92. The van der Waals surface area contributed by atoms with Crippen LogP contribution in [0.15, 0.2) is 78.9 Å². The third-order valence-corrected chi connectivity index (χ3v) is 6.36. The van der Waals surface area contributed by atoms with Gasteiger partial charge in [-0.1, -0.05) is 68.4 Å². The summed E-state index contributed by atoms with van der Waals surface area (Å²) >= 11 is 0. The first-order chi connectivity index (χ1) is 18.6. The molecular formula is C30H34F6N2O2. The Morgan fingerprint density at radius 1 is 0.675 bits per heavy atom. The molecule has 4 nitrogen and oxygen atoms in total. The molecule has 0 aliphatic carbocycles. The van der Waals surface area contributed by atoms with Crippen molar-refractivity contribution in [1.82, 2.24) is 10.2 Å². The summed E-state index contributed by atoms with van der Waals surface area (Å²) in [6.07, 6.45) is -9.54. The molecule has 218 valence electrons. The van der Waals surface area contributed by atoms with Gasteiger partial charge < -0.3 is 19.7 Å². The molecule has 0 aromatic heterocycles. The van der Waals surface area contributed by atoms with Gasteiger partial charge in [-0.2, -0.15) is 0 Å². The van der Waals surface area contributed by atoms with Gasteiger partial charge in [0.25, 0.3) is 0 Å². The van der Waals surface area contributed by atoms with Crippen LogP contribution in [0.2, 0.25) is 0 Å². The Bertz CT molecular complexity index is 1170. The number of rotatable bonds is 12. The third-order valence-electron chi connectivity index (χ3n) is 6.36. The smallest absolute Gasteiger partial charge is 0.406 e. The zero-order valence-electron chi connectivity index (χ0n) is 22.9. The summed E-state index contributed by atoms with van der Waals surface area (Å²) in [6, 6.07) is 20.4. The van der Waals surface area contributed by atoms with Gasteiger partial charge in [0.15, 0.2) is 0 Å². The number of nitrogens with zero attached hydrogens (tertiary/aromatic N) is 1. The van der Waals surface area contributed by atoms with Crippen LogP contribution in [0.3, 0.4) is 0 Å². The standard InChI is InChI=1S/C30H34F6N2O2/c1-27(2,21-38(3)4)19-37-20-28(18-22-10-6-5-7-11-22,23-12-8-14-25(16-23)39-29(31,32)33)24-13-9-15-26(17-24)40-30(34,35)36/h5-17,37H,18-21H2,1-4H3. The van der Waals surface area contributed by atoms with Crippen LogP contribution >= 0.6 is 0 Å². The number of nitrogens with one attached hydrogen (secondary N) is 1. The monoisotopic (exact) mass is 568 g/mol. The Balaban J connectivity index is 2.17. The van der Waals surface area contributed by atoms with Gasteiger partial charge in [-0.25, -0.2) is 0 Å². The Morgan fingerprint density at radius 2 is 1.18 bits per heavy atom. The zero-order chi connectivity index (χ0) is 29.6. The van der Waals surface area contributed by atoms with Gasteiger partial charge in [0, 0.05) is 25.0 Å². The number of hydrogen-bond acceptors (Lipinski definition) is 4. The highest BCUT2D eigenvalue weighted by molar-refractivity contribution is 5.47. The number of alkyl halides is 6. The van der Waals surface area contributed by atoms with Crippen molar-refractivity contribution in [3.8, 4) is 11.5 Å². The van der Waals surface area contributed by atoms with Gasteiger partial charge in [0.1, 0.15) is 11.5 Å². The highest BCUT2D eigenvalue weighted by Gasteiger charge is 2.38. The van der Waals surface area contributed by atoms with Crippen molar-refractivity contribution in [2.24, 2.45) is 5.41 Å². The van der Waals surface area contributed by atoms with Gasteiger partial charge in [-0.05, 0) is 66.9 Å². The SMILES string of the molecule is CN(C)CC(C)(C)CNCC(Cc1ccccc1)(c1cccc(OC(F)(F)F)c1)c1cccc(OC(F)(F)F)c1. The maximum atomic E-state index is 13.1. The topological polar surface area (TPSA) is 33.7 Å². The quantitative estimate of drug-likeness (QED) is 0.235. The highest BCUT2D eigenvalue weighted by atomic mass is 19.4. The van der Waals surface area contributed by atoms with Crippen LogP contribution in [0.4, 0.5) is 26.3 Å². The van der Waals surface area contributed by atoms with Crippen LogP contribution in [0, 0.1) is 5.41 Å². The minimum absolute atomic E-state index is 0.176. The van der Waals surface area contributed by atoms with Crippen LogP contribution in [0.5, 0.6) is 11.5 Å². The van der Waals surface area contributed by atoms with E-state index in [0.29, 0.717) is 17.7 Å². The van der Waals surface area contributed by atoms with E-state index in [1.807, 2.05) is 44.4 Å². The minimum atomic E-state index is -4.91. The molecular weight excluding hydrogens is 534 g/mol. The molecule has 0 atom stereocenters. The Morgan fingerprint density at radius 3 is 1.62 bits per heavy atom. The summed E-state index contributed by atoms with van der Waals surface area (Å²) < 4.78 is 87.2. The van der Waals surface area contributed by atoms with Gasteiger partial charge in [0.05, 0.1) is 0 Å². The first kappa shape index (κ1) is 31.3. The molecule has 0 saturated carbocycles. The molecule has 0 aliphatic rings. The van der Waals surface area contributed by atoms with Gasteiger partial charge in [0.2, 0.25) is 0 Å². The van der Waals surface area contributed by atoms with Crippen molar-refractivity contribution < 1.29 is 35.8 Å². The normalized spacial score (nSPS) is 13.0. The van der Waals surface area contributed by atoms with Crippen molar-refractivity contribution in [2.75, 3.05) is 33.7 Å². The second-order valence-electron chi connectivity index (χ2n) is 10.9. The molecule has 0 spiro atoms. The molecule has 3 aromatic carbocycles. The van der Waals surface area contributed by atoms with E-state index in [2.05, 4.69) is 33.5 Å². The van der Waals surface area contributed by atoms with Crippen LogP contribution in [0.25, 0.3) is 0 Å². The number of ether oxygens (including phenoxy) is 2.